The Morgan fingerprint density at radius 1 is 1.06 bits per heavy atom. The van der Waals surface area contributed by atoms with Crippen LogP contribution in [0.1, 0.15) is 28.4 Å². The number of nitrogens with one attached hydrogen (secondary N) is 2. The lowest BCUT2D eigenvalue weighted by molar-refractivity contribution is -0.115. The molecule has 6 nitrogen and oxygen atoms in total. The number of ether oxygens (including phenoxy) is 2. The van der Waals surface area contributed by atoms with Gasteiger partial charge in [0.2, 0.25) is 0 Å². The minimum Gasteiger partial charge on any atom is -0.494 e. The number of carbonyl (C=O) groups excluding carboxylic acids is 2. The summed E-state index contributed by atoms with van der Waals surface area (Å²) in [7, 11) is 0. The quantitative estimate of drug-likeness (QED) is 0.546. The van der Waals surface area contributed by atoms with Crippen LogP contribution < -0.4 is 20.1 Å². The van der Waals surface area contributed by atoms with Crippen LogP contribution in [0, 0.1) is 0 Å². The van der Waals surface area contributed by atoms with E-state index in [0.29, 0.717) is 36.6 Å². The van der Waals surface area contributed by atoms with Gasteiger partial charge in [-0.2, -0.15) is 0 Å². The van der Waals surface area contributed by atoms with E-state index in [4.69, 9.17) is 9.47 Å². The molecule has 0 radical (unpaired) electrons. The Morgan fingerprint density at radius 2 is 1.84 bits per heavy atom. The first kappa shape index (κ1) is 21.2. The van der Waals surface area contributed by atoms with Crippen molar-refractivity contribution >= 4 is 23.6 Å². The molecule has 0 spiro atoms. The Hall–Kier alpha value is -4.06. The van der Waals surface area contributed by atoms with Crippen molar-refractivity contribution in [3.05, 3.63) is 95.2 Å². The molecule has 2 amide bonds. The number of hydrogen-bond donors (Lipinski definition) is 2. The van der Waals surface area contributed by atoms with Gasteiger partial charge in [-0.1, -0.05) is 42.5 Å². The maximum atomic E-state index is 12.6. The summed E-state index contributed by atoms with van der Waals surface area (Å²) in [6.45, 7) is 3.07. The summed E-state index contributed by atoms with van der Waals surface area (Å²) in [6.07, 6.45) is 2.39. The molecule has 0 unspecified atom stereocenters. The van der Waals surface area contributed by atoms with Crippen LogP contribution in [-0.4, -0.2) is 25.0 Å². The normalized spacial score (nSPS) is 13.7. The molecule has 0 saturated carbocycles. The first-order chi connectivity index (χ1) is 15.6. The molecule has 3 aromatic carbocycles. The van der Waals surface area contributed by atoms with Crippen molar-refractivity contribution in [1.29, 1.82) is 0 Å². The van der Waals surface area contributed by atoms with E-state index >= 15 is 0 Å². The van der Waals surface area contributed by atoms with E-state index in [0.717, 1.165) is 16.9 Å². The summed E-state index contributed by atoms with van der Waals surface area (Å²) in [5.41, 5.74) is 2.90. The van der Waals surface area contributed by atoms with Crippen molar-refractivity contribution in [2.75, 3.05) is 18.5 Å². The van der Waals surface area contributed by atoms with Crippen LogP contribution >= 0.6 is 0 Å². The Morgan fingerprint density at radius 3 is 2.59 bits per heavy atom. The zero-order chi connectivity index (χ0) is 22.3. The topological polar surface area (TPSA) is 76.7 Å². The van der Waals surface area contributed by atoms with Gasteiger partial charge >= 0.3 is 0 Å². The molecule has 0 aliphatic carbocycles. The molecule has 1 aliphatic heterocycles. The molecular weight excluding hydrogens is 404 g/mol. The number of fused-ring (bicyclic) bond motifs is 1. The van der Waals surface area contributed by atoms with Crippen LogP contribution in [0.3, 0.4) is 0 Å². The Bertz CT molecular complexity index is 1140. The molecule has 2 N–H and O–H groups in total. The highest BCUT2D eigenvalue weighted by atomic mass is 16.5. The number of anilines is 1. The van der Waals surface area contributed by atoms with Crippen LogP contribution in [-0.2, 0) is 11.2 Å². The third-order valence-corrected chi connectivity index (χ3v) is 4.96. The number of amides is 2. The number of carbonyl (C=O) groups is 2. The third-order valence-electron chi connectivity index (χ3n) is 4.96. The lowest BCUT2D eigenvalue weighted by Gasteiger charge is -2.20. The van der Waals surface area contributed by atoms with Crippen molar-refractivity contribution in [2.45, 2.75) is 13.3 Å². The van der Waals surface area contributed by atoms with Crippen molar-refractivity contribution in [3.8, 4) is 11.5 Å². The fraction of sp³-hybridized carbons (Fsp3) is 0.154. The molecule has 0 bridgehead atoms. The highest BCUT2D eigenvalue weighted by molar-refractivity contribution is 6.09. The van der Waals surface area contributed by atoms with E-state index in [1.54, 1.807) is 24.3 Å². The number of rotatable bonds is 7. The van der Waals surface area contributed by atoms with Crippen LogP contribution in [0.4, 0.5) is 5.69 Å². The van der Waals surface area contributed by atoms with E-state index in [2.05, 4.69) is 10.6 Å². The highest BCUT2D eigenvalue weighted by Gasteiger charge is 2.23. The summed E-state index contributed by atoms with van der Waals surface area (Å²) in [5, 5.41) is 5.71. The average Bonchev–Trinajstić information content (AvgIpc) is 2.81. The van der Waals surface area contributed by atoms with E-state index in [-0.39, 0.29) is 17.6 Å². The van der Waals surface area contributed by atoms with Crippen LogP contribution in [0.15, 0.2) is 78.6 Å². The lowest BCUT2D eigenvalue weighted by atomic mass is 10.1. The van der Waals surface area contributed by atoms with Gasteiger partial charge in [0.05, 0.1) is 12.3 Å². The van der Waals surface area contributed by atoms with Gasteiger partial charge in [0, 0.05) is 12.1 Å². The summed E-state index contributed by atoms with van der Waals surface area (Å²) in [5.74, 6) is 0.974. The van der Waals surface area contributed by atoms with E-state index in [1.807, 2.05) is 61.5 Å². The second-order valence-electron chi connectivity index (χ2n) is 7.27. The molecule has 0 fully saturated rings. The summed E-state index contributed by atoms with van der Waals surface area (Å²) < 4.78 is 11.2. The molecule has 6 heteroatoms. The maximum absolute atomic E-state index is 12.6. The zero-order valence-corrected chi connectivity index (χ0v) is 17.8. The highest BCUT2D eigenvalue weighted by Crippen LogP contribution is 2.32. The fourth-order valence-electron chi connectivity index (χ4n) is 3.34. The van der Waals surface area contributed by atoms with E-state index in [1.165, 1.54) is 0 Å². The smallest absolute Gasteiger partial charge is 0.291 e. The second-order valence-corrected chi connectivity index (χ2v) is 7.27. The van der Waals surface area contributed by atoms with Gasteiger partial charge in [0.1, 0.15) is 5.75 Å². The molecule has 3 aromatic rings. The van der Waals surface area contributed by atoms with Gasteiger partial charge in [-0.15, -0.1) is 0 Å². The van der Waals surface area contributed by atoms with Gasteiger partial charge in [-0.3, -0.25) is 9.59 Å². The second kappa shape index (κ2) is 9.83. The maximum Gasteiger partial charge on any atom is 0.291 e. The minimum absolute atomic E-state index is 0.205. The molecule has 0 saturated heterocycles. The molecule has 0 aromatic heterocycles. The van der Waals surface area contributed by atoms with Crippen LogP contribution in [0.25, 0.3) is 6.08 Å². The molecule has 1 aliphatic rings. The van der Waals surface area contributed by atoms with Gasteiger partial charge in [0.25, 0.3) is 11.8 Å². The molecule has 1 heterocycles. The Labute approximate surface area is 186 Å². The van der Waals surface area contributed by atoms with Gasteiger partial charge in [-0.05, 0) is 60.9 Å². The Kier molecular flexibility index (Phi) is 6.51. The number of hydrogen-bond acceptors (Lipinski definition) is 4. The summed E-state index contributed by atoms with van der Waals surface area (Å²) in [6, 6.07) is 22.3. The first-order valence-electron chi connectivity index (χ1n) is 10.5. The lowest BCUT2D eigenvalue weighted by Crippen LogP contribution is -2.27. The predicted molar refractivity (Wildman–Crippen MR) is 124 cm³/mol. The summed E-state index contributed by atoms with van der Waals surface area (Å²) in [4.78, 5) is 25.0. The van der Waals surface area contributed by atoms with Crippen molar-refractivity contribution in [3.63, 3.8) is 0 Å². The molecule has 162 valence electrons. The van der Waals surface area contributed by atoms with Crippen molar-refractivity contribution in [2.24, 2.45) is 0 Å². The molecular formula is C26H24N2O4. The fourth-order valence-corrected chi connectivity index (χ4v) is 3.34. The molecule has 0 atom stereocenters. The van der Waals surface area contributed by atoms with E-state index in [9.17, 15) is 9.59 Å². The van der Waals surface area contributed by atoms with Crippen LogP contribution in [0.2, 0.25) is 0 Å². The van der Waals surface area contributed by atoms with Gasteiger partial charge in [0.15, 0.2) is 11.5 Å². The predicted octanol–water partition coefficient (Wildman–Crippen LogP) is 4.43. The molecule has 32 heavy (non-hydrogen) atoms. The number of benzene rings is 3. The summed E-state index contributed by atoms with van der Waals surface area (Å²) >= 11 is 0. The average molecular weight is 428 g/mol. The standard InChI is InChI=1S/C26H24N2O4/c1-2-31-21-11-8-18(9-12-21)14-15-27-25(29)20-10-13-23-22(17-20)28-26(30)24(32-23)16-19-6-4-3-5-7-19/h3-13,16-17H,2,14-15H2,1H3,(H,27,29)(H,28,30)/b24-16+. The Balaban J connectivity index is 1.36. The monoisotopic (exact) mass is 428 g/mol. The van der Waals surface area contributed by atoms with Crippen LogP contribution in [0.5, 0.6) is 11.5 Å². The molecule has 4 rings (SSSR count). The zero-order valence-electron chi connectivity index (χ0n) is 17.8. The largest absolute Gasteiger partial charge is 0.494 e. The van der Waals surface area contributed by atoms with Crippen molar-refractivity contribution in [1.82, 2.24) is 5.32 Å². The van der Waals surface area contributed by atoms with Crippen molar-refractivity contribution < 1.29 is 19.1 Å². The minimum atomic E-state index is -0.352. The SMILES string of the molecule is CCOc1ccc(CCNC(=O)c2ccc3c(c2)NC(=O)/C(=C\c2ccccc2)O3)cc1. The third kappa shape index (κ3) is 5.16. The first-order valence-corrected chi connectivity index (χ1v) is 10.5. The van der Waals surface area contributed by atoms with E-state index < -0.39 is 0 Å². The van der Waals surface area contributed by atoms with Gasteiger partial charge in [-0.25, -0.2) is 0 Å². The van der Waals surface area contributed by atoms with Gasteiger partial charge < -0.3 is 20.1 Å².